The van der Waals surface area contributed by atoms with Crippen molar-refractivity contribution >= 4 is 17.0 Å². The molecule has 0 aliphatic heterocycles. The minimum absolute atomic E-state index is 0.662. The molecule has 3 rings (SSSR count). The molecular weight excluding hydrogens is 292 g/mol. The zero-order valence-corrected chi connectivity index (χ0v) is 13.5. The Hall–Kier alpha value is -2.33. The third kappa shape index (κ3) is 3.12. The Morgan fingerprint density at radius 2 is 1.91 bits per heavy atom. The van der Waals surface area contributed by atoms with Gasteiger partial charge in [0.1, 0.15) is 5.75 Å². The van der Waals surface area contributed by atoms with Gasteiger partial charge in [-0.2, -0.15) is 0 Å². The first-order chi connectivity index (χ1) is 10.7. The van der Waals surface area contributed by atoms with Gasteiger partial charge < -0.3 is 10.5 Å². The summed E-state index contributed by atoms with van der Waals surface area (Å²) in [7, 11) is 1.63. The summed E-state index contributed by atoms with van der Waals surface area (Å²) in [5, 5.41) is 3.19. The van der Waals surface area contributed by atoms with E-state index in [1.54, 1.807) is 18.4 Å². The lowest BCUT2D eigenvalue weighted by atomic mass is 10.1. The minimum atomic E-state index is 0.662. The van der Waals surface area contributed by atoms with Crippen LogP contribution in [0.2, 0.25) is 0 Å². The first-order valence-corrected chi connectivity index (χ1v) is 7.97. The van der Waals surface area contributed by atoms with Gasteiger partial charge in [0.05, 0.1) is 23.5 Å². The third-order valence-corrected chi connectivity index (χ3v) is 4.40. The van der Waals surface area contributed by atoms with Crippen LogP contribution >= 0.6 is 11.3 Å². The number of nitrogens with zero attached hydrogens (tertiary/aromatic N) is 1. The second-order valence-electron chi connectivity index (χ2n) is 5.25. The van der Waals surface area contributed by atoms with E-state index < -0.39 is 0 Å². The predicted octanol–water partition coefficient (Wildman–Crippen LogP) is 4.30. The maximum Gasteiger partial charge on any atom is 0.141 e. The first kappa shape index (κ1) is 14.6. The van der Waals surface area contributed by atoms with Crippen LogP contribution in [0.5, 0.6) is 5.75 Å². The van der Waals surface area contributed by atoms with E-state index in [0.717, 1.165) is 28.2 Å². The van der Waals surface area contributed by atoms with Crippen LogP contribution < -0.4 is 10.5 Å². The Kier molecular flexibility index (Phi) is 4.11. The van der Waals surface area contributed by atoms with Crippen molar-refractivity contribution in [3.63, 3.8) is 0 Å². The van der Waals surface area contributed by atoms with E-state index in [1.165, 1.54) is 5.56 Å². The van der Waals surface area contributed by atoms with Crippen LogP contribution in [0.4, 0.5) is 5.69 Å². The molecule has 0 spiro atoms. The van der Waals surface area contributed by atoms with E-state index in [-0.39, 0.29) is 0 Å². The number of aromatic nitrogens is 1. The topological polar surface area (TPSA) is 48.1 Å². The second kappa shape index (κ2) is 6.20. The summed E-state index contributed by atoms with van der Waals surface area (Å²) >= 11 is 1.68. The van der Waals surface area contributed by atoms with Crippen LogP contribution in [0, 0.1) is 6.92 Å². The molecule has 0 amide bonds. The van der Waals surface area contributed by atoms with Gasteiger partial charge in [0.15, 0.2) is 0 Å². The molecule has 0 radical (unpaired) electrons. The molecule has 1 aromatic heterocycles. The van der Waals surface area contributed by atoms with Crippen molar-refractivity contribution in [1.82, 2.24) is 4.98 Å². The number of hydrogen-bond acceptors (Lipinski definition) is 4. The lowest BCUT2D eigenvalue weighted by Crippen LogP contribution is -1.95. The highest BCUT2D eigenvalue weighted by Crippen LogP contribution is 2.26. The molecule has 1 heterocycles. The maximum absolute atomic E-state index is 5.95. The van der Waals surface area contributed by atoms with Gasteiger partial charge in [0, 0.05) is 17.4 Å². The van der Waals surface area contributed by atoms with Crippen LogP contribution in [0.15, 0.2) is 47.8 Å². The number of hydrogen-bond donors (Lipinski definition) is 1. The molecule has 0 aliphatic carbocycles. The van der Waals surface area contributed by atoms with Crippen molar-refractivity contribution in [3.8, 4) is 17.0 Å². The summed E-state index contributed by atoms with van der Waals surface area (Å²) in [5.41, 5.74) is 11.2. The summed E-state index contributed by atoms with van der Waals surface area (Å²) in [6, 6.07) is 14.3. The Labute approximate surface area is 134 Å². The fraction of sp³-hybridized carbons (Fsp3) is 0.167. The average Bonchev–Trinajstić information content (AvgIpc) is 2.97. The monoisotopic (exact) mass is 310 g/mol. The zero-order valence-electron chi connectivity index (χ0n) is 12.7. The highest BCUT2D eigenvalue weighted by atomic mass is 32.1. The lowest BCUT2D eigenvalue weighted by Gasteiger charge is -2.06. The van der Waals surface area contributed by atoms with E-state index in [9.17, 15) is 0 Å². The molecule has 0 aliphatic rings. The van der Waals surface area contributed by atoms with Gasteiger partial charge >= 0.3 is 0 Å². The largest absolute Gasteiger partial charge is 0.495 e. The van der Waals surface area contributed by atoms with Gasteiger partial charge in [0.25, 0.3) is 0 Å². The molecule has 0 bridgehead atoms. The molecule has 2 aromatic carbocycles. The van der Waals surface area contributed by atoms with E-state index in [1.807, 2.05) is 18.2 Å². The molecule has 0 atom stereocenters. The molecule has 4 heteroatoms. The van der Waals surface area contributed by atoms with E-state index >= 15 is 0 Å². The molecule has 0 saturated carbocycles. The van der Waals surface area contributed by atoms with Gasteiger partial charge in [-0.25, -0.2) is 4.98 Å². The number of nitrogen functional groups attached to an aromatic ring is 1. The number of rotatable bonds is 4. The maximum atomic E-state index is 5.95. The van der Waals surface area contributed by atoms with Crippen molar-refractivity contribution in [2.24, 2.45) is 0 Å². The smallest absolute Gasteiger partial charge is 0.141 e. The highest BCUT2D eigenvalue weighted by molar-refractivity contribution is 7.10. The number of benzene rings is 2. The van der Waals surface area contributed by atoms with Gasteiger partial charge in [-0.1, -0.05) is 35.9 Å². The number of anilines is 1. The average molecular weight is 310 g/mol. The molecule has 0 fully saturated rings. The summed E-state index contributed by atoms with van der Waals surface area (Å²) in [4.78, 5) is 4.72. The van der Waals surface area contributed by atoms with Crippen molar-refractivity contribution in [3.05, 3.63) is 64.0 Å². The molecular formula is C18H18N2OS. The van der Waals surface area contributed by atoms with Crippen molar-refractivity contribution in [1.29, 1.82) is 0 Å². The van der Waals surface area contributed by atoms with Crippen LogP contribution in [-0.4, -0.2) is 12.1 Å². The Balaban J connectivity index is 1.79. The molecule has 0 unspecified atom stereocenters. The fourth-order valence-electron chi connectivity index (χ4n) is 2.32. The van der Waals surface area contributed by atoms with Gasteiger partial charge in [-0.3, -0.25) is 0 Å². The molecule has 2 N–H and O–H groups in total. The lowest BCUT2D eigenvalue weighted by molar-refractivity contribution is 0.417. The zero-order chi connectivity index (χ0) is 15.5. The standard InChI is InChI=1S/C18H18N2OS/c1-12-3-6-14(7-4-12)16-11-22-18(20-16)10-13-5-8-17(21-2)15(19)9-13/h3-9,11H,10,19H2,1-2H3. The summed E-state index contributed by atoms with van der Waals surface area (Å²) in [5.74, 6) is 0.711. The predicted molar refractivity (Wildman–Crippen MR) is 92.5 cm³/mol. The van der Waals surface area contributed by atoms with Crippen molar-refractivity contribution in [2.75, 3.05) is 12.8 Å². The van der Waals surface area contributed by atoms with Gasteiger partial charge in [0.2, 0.25) is 0 Å². The second-order valence-corrected chi connectivity index (χ2v) is 6.19. The van der Waals surface area contributed by atoms with Gasteiger partial charge in [-0.15, -0.1) is 11.3 Å². The quantitative estimate of drug-likeness (QED) is 0.731. The number of thiazole rings is 1. The first-order valence-electron chi connectivity index (χ1n) is 7.09. The van der Waals surface area contributed by atoms with Crippen LogP contribution in [-0.2, 0) is 6.42 Å². The highest BCUT2D eigenvalue weighted by Gasteiger charge is 2.07. The number of methoxy groups -OCH3 is 1. The molecule has 0 saturated heterocycles. The van der Waals surface area contributed by atoms with Crippen molar-refractivity contribution < 1.29 is 4.74 Å². The summed E-state index contributed by atoms with van der Waals surface area (Å²) in [6.07, 6.45) is 0.782. The molecule has 22 heavy (non-hydrogen) atoms. The SMILES string of the molecule is COc1ccc(Cc2nc(-c3ccc(C)cc3)cs2)cc1N. The van der Waals surface area contributed by atoms with Crippen LogP contribution in [0.3, 0.4) is 0 Å². The van der Waals surface area contributed by atoms with E-state index in [4.69, 9.17) is 15.5 Å². The van der Waals surface area contributed by atoms with E-state index in [0.29, 0.717) is 11.4 Å². The Bertz CT molecular complexity index is 778. The third-order valence-electron chi connectivity index (χ3n) is 3.55. The minimum Gasteiger partial charge on any atom is -0.495 e. The Morgan fingerprint density at radius 1 is 1.14 bits per heavy atom. The number of nitrogens with two attached hydrogens (primary N) is 1. The Morgan fingerprint density at radius 3 is 2.59 bits per heavy atom. The van der Waals surface area contributed by atoms with Crippen molar-refractivity contribution in [2.45, 2.75) is 13.3 Å². The fourth-order valence-corrected chi connectivity index (χ4v) is 3.15. The molecule has 3 aromatic rings. The van der Waals surface area contributed by atoms with Crippen LogP contribution in [0.25, 0.3) is 11.3 Å². The normalized spacial score (nSPS) is 10.6. The molecule has 112 valence electrons. The number of aryl methyl sites for hydroxylation is 1. The number of ether oxygens (including phenoxy) is 1. The van der Waals surface area contributed by atoms with Gasteiger partial charge in [-0.05, 0) is 24.6 Å². The summed E-state index contributed by atoms with van der Waals surface area (Å²) < 4.78 is 5.18. The summed E-state index contributed by atoms with van der Waals surface area (Å²) in [6.45, 7) is 2.09. The van der Waals surface area contributed by atoms with Crippen LogP contribution in [0.1, 0.15) is 16.1 Å². The van der Waals surface area contributed by atoms with E-state index in [2.05, 4.69) is 36.6 Å². The molecule has 3 nitrogen and oxygen atoms in total.